The zero-order valence-corrected chi connectivity index (χ0v) is 21.6. The second-order valence-electron chi connectivity index (χ2n) is 10.2. The molecule has 2 aromatic carbocycles. The number of aliphatic hydroxyl groups excluding tert-OH is 8. The highest BCUT2D eigenvalue weighted by molar-refractivity contribution is 5.92. The number of fused-ring (bicyclic) bond motifs is 1. The molecule has 2 aliphatic heterocycles. The van der Waals surface area contributed by atoms with E-state index in [1.54, 1.807) is 0 Å². The van der Waals surface area contributed by atoms with Crippen LogP contribution in [0.25, 0.3) is 22.3 Å². The van der Waals surface area contributed by atoms with E-state index in [9.17, 15) is 61.0 Å². The molecule has 42 heavy (non-hydrogen) atoms. The number of aromatic hydroxyl groups is 3. The normalized spacial score (nSPS) is 33.6. The number of rotatable bonds is 5. The Morgan fingerprint density at radius 1 is 0.643 bits per heavy atom. The van der Waals surface area contributed by atoms with Crippen LogP contribution < -0.4 is 5.43 Å². The maximum absolute atomic E-state index is 13.5. The fraction of sp³-hybridized carbons (Fsp3) is 0.444. The van der Waals surface area contributed by atoms with Gasteiger partial charge >= 0.3 is 0 Å². The van der Waals surface area contributed by atoms with Gasteiger partial charge in [0.2, 0.25) is 0 Å². The molecule has 0 saturated carbocycles. The van der Waals surface area contributed by atoms with Crippen molar-refractivity contribution in [3.8, 4) is 28.6 Å². The van der Waals surface area contributed by atoms with E-state index in [0.29, 0.717) is 0 Å². The van der Waals surface area contributed by atoms with Crippen LogP contribution in [0.2, 0.25) is 0 Å². The minimum absolute atomic E-state index is 0.0941. The fourth-order valence-corrected chi connectivity index (χ4v) is 5.39. The van der Waals surface area contributed by atoms with Crippen LogP contribution in [-0.2, 0) is 9.47 Å². The Hall–Kier alpha value is -3.35. The third-order valence-electron chi connectivity index (χ3n) is 7.70. The first-order valence-corrected chi connectivity index (χ1v) is 12.9. The van der Waals surface area contributed by atoms with Crippen molar-refractivity contribution in [2.24, 2.45) is 0 Å². The topological polar surface area (TPSA) is 271 Å². The van der Waals surface area contributed by atoms with Crippen molar-refractivity contribution in [2.75, 3.05) is 13.2 Å². The van der Waals surface area contributed by atoms with Crippen LogP contribution in [-0.4, -0.2) is 118 Å². The fourth-order valence-electron chi connectivity index (χ4n) is 5.39. The minimum Gasteiger partial charge on any atom is -0.508 e. The lowest BCUT2D eigenvalue weighted by Crippen LogP contribution is -2.55. The Kier molecular flexibility index (Phi) is 8.16. The lowest BCUT2D eigenvalue weighted by molar-refractivity contribution is -0.234. The zero-order chi connectivity index (χ0) is 30.6. The summed E-state index contributed by atoms with van der Waals surface area (Å²) in [7, 11) is 0. The van der Waals surface area contributed by atoms with Crippen LogP contribution in [0.3, 0.4) is 0 Å². The van der Waals surface area contributed by atoms with E-state index in [2.05, 4.69) is 0 Å². The molecule has 5 rings (SSSR count). The van der Waals surface area contributed by atoms with Crippen molar-refractivity contribution in [1.29, 1.82) is 0 Å². The molecule has 2 aliphatic rings. The number of phenols is 3. The second-order valence-corrected chi connectivity index (χ2v) is 10.2. The number of benzene rings is 2. The number of aliphatic hydroxyl groups is 8. The van der Waals surface area contributed by atoms with Gasteiger partial charge in [0, 0.05) is 11.6 Å². The number of ether oxygens (including phenoxy) is 2. The summed E-state index contributed by atoms with van der Waals surface area (Å²) >= 11 is 0. The first-order chi connectivity index (χ1) is 19.9. The second kappa shape index (κ2) is 11.4. The van der Waals surface area contributed by atoms with E-state index in [0.717, 1.165) is 6.07 Å². The van der Waals surface area contributed by atoms with Gasteiger partial charge < -0.3 is 70.1 Å². The van der Waals surface area contributed by atoms with Gasteiger partial charge in [0.1, 0.15) is 89.4 Å². The SMILES string of the molecule is O=c1cc(-c2ccc(O)cc2)oc2c([C@@H]3O[C@H](CO)[C@H](O)[C@H](O)[C@@H]3O)c(O)c([C@@H]3O[C@H](CO)[C@H](O)[C@@H](O)[C@@H]3O)c(O)c12. The van der Waals surface area contributed by atoms with E-state index >= 15 is 0 Å². The predicted molar refractivity (Wildman–Crippen MR) is 138 cm³/mol. The quantitative estimate of drug-likeness (QED) is 0.147. The maximum atomic E-state index is 13.5. The number of hydrogen-bond acceptors (Lipinski definition) is 15. The Morgan fingerprint density at radius 2 is 1.14 bits per heavy atom. The van der Waals surface area contributed by atoms with Crippen molar-refractivity contribution in [3.05, 3.63) is 51.7 Å². The summed E-state index contributed by atoms with van der Waals surface area (Å²) in [6, 6.07) is 6.37. The van der Waals surface area contributed by atoms with Crippen LogP contribution in [0.4, 0.5) is 0 Å². The highest BCUT2D eigenvalue weighted by Gasteiger charge is 2.50. The third kappa shape index (κ3) is 4.79. The summed E-state index contributed by atoms with van der Waals surface area (Å²) in [6.45, 7) is -1.70. The molecule has 3 aromatic rings. The number of hydrogen-bond donors (Lipinski definition) is 11. The minimum atomic E-state index is -2.02. The average Bonchev–Trinajstić information content (AvgIpc) is 2.97. The summed E-state index contributed by atoms with van der Waals surface area (Å²) < 4.78 is 17.0. The Morgan fingerprint density at radius 3 is 1.64 bits per heavy atom. The largest absolute Gasteiger partial charge is 0.508 e. The summed E-state index contributed by atoms with van der Waals surface area (Å²) in [5.41, 5.74) is -2.48. The van der Waals surface area contributed by atoms with Gasteiger partial charge in [0.15, 0.2) is 11.0 Å². The van der Waals surface area contributed by atoms with Crippen molar-refractivity contribution in [2.45, 2.75) is 61.0 Å². The van der Waals surface area contributed by atoms with Crippen molar-refractivity contribution in [1.82, 2.24) is 0 Å². The summed E-state index contributed by atoms with van der Waals surface area (Å²) in [6.07, 6.45) is -18.2. The van der Waals surface area contributed by atoms with E-state index < -0.39 is 113 Å². The van der Waals surface area contributed by atoms with Gasteiger partial charge in [-0.15, -0.1) is 0 Å². The van der Waals surface area contributed by atoms with Gasteiger partial charge in [-0.25, -0.2) is 0 Å². The molecule has 1 aromatic heterocycles. The summed E-state index contributed by atoms with van der Waals surface area (Å²) in [5.74, 6) is -2.20. The van der Waals surface area contributed by atoms with Gasteiger partial charge in [-0.1, -0.05) is 0 Å². The van der Waals surface area contributed by atoms with Crippen LogP contribution in [0.15, 0.2) is 39.5 Å². The molecule has 228 valence electrons. The van der Waals surface area contributed by atoms with Crippen molar-refractivity contribution < 1.29 is 70.1 Å². The van der Waals surface area contributed by atoms with Gasteiger partial charge in [0.25, 0.3) is 0 Å². The van der Waals surface area contributed by atoms with Gasteiger partial charge in [-0.05, 0) is 24.3 Å². The first-order valence-electron chi connectivity index (χ1n) is 12.9. The molecule has 0 unspecified atom stereocenters. The van der Waals surface area contributed by atoms with Crippen molar-refractivity contribution >= 4 is 11.0 Å². The molecule has 11 N–H and O–H groups in total. The molecule has 0 aliphatic carbocycles. The molecule has 0 amide bonds. The molecule has 2 saturated heterocycles. The average molecular weight is 595 g/mol. The molecule has 2 fully saturated rings. The van der Waals surface area contributed by atoms with Crippen molar-refractivity contribution in [3.63, 3.8) is 0 Å². The lowest BCUT2D eigenvalue weighted by Gasteiger charge is -2.42. The molecular formula is C27H30O15. The third-order valence-corrected chi connectivity index (χ3v) is 7.70. The maximum Gasteiger partial charge on any atom is 0.197 e. The molecule has 10 atom stereocenters. The van der Waals surface area contributed by atoms with Gasteiger partial charge in [-0.3, -0.25) is 4.79 Å². The predicted octanol–water partition coefficient (Wildman–Crippen LogP) is -2.39. The van der Waals surface area contributed by atoms with Gasteiger partial charge in [0.05, 0.1) is 24.3 Å². The Bertz CT molecular complexity index is 1500. The molecule has 0 spiro atoms. The summed E-state index contributed by atoms with van der Waals surface area (Å²) in [4.78, 5) is 13.5. The van der Waals surface area contributed by atoms with Crippen LogP contribution in [0.1, 0.15) is 23.3 Å². The van der Waals surface area contributed by atoms with E-state index in [1.165, 1.54) is 24.3 Å². The molecule has 0 bridgehead atoms. The highest BCUT2D eigenvalue weighted by atomic mass is 16.6. The van der Waals surface area contributed by atoms with Crippen LogP contribution >= 0.6 is 0 Å². The van der Waals surface area contributed by atoms with Gasteiger partial charge in [-0.2, -0.15) is 0 Å². The first kappa shape index (κ1) is 30.1. The lowest BCUT2D eigenvalue weighted by atomic mass is 9.85. The molecule has 3 heterocycles. The summed E-state index contributed by atoms with van der Waals surface area (Å²) in [5, 5.41) is 114. The molecule has 15 heteroatoms. The molecule has 15 nitrogen and oxygen atoms in total. The Balaban J connectivity index is 1.82. The van der Waals surface area contributed by atoms with E-state index in [4.69, 9.17) is 13.9 Å². The number of phenolic OH excluding ortho intramolecular Hbond substituents is 3. The smallest absolute Gasteiger partial charge is 0.197 e. The van der Waals surface area contributed by atoms with Crippen LogP contribution in [0.5, 0.6) is 17.2 Å². The molecule has 0 radical (unpaired) electrons. The monoisotopic (exact) mass is 594 g/mol. The van der Waals surface area contributed by atoms with Crippen LogP contribution in [0, 0.1) is 0 Å². The highest BCUT2D eigenvalue weighted by Crippen LogP contribution is 2.51. The van der Waals surface area contributed by atoms with E-state index in [-0.39, 0.29) is 17.1 Å². The molecular weight excluding hydrogens is 564 g/mol. The Labute approximate surface area is 235 Å². The standard InChI is InChI=1S/C27H30O15/c28-6-12-17(32)21(36)23(38)26(41-12)15-19(34)14-10(31)5-11(8-1-3-9(30)4-2-8)40-25(14)16(20(15)35)27-24(39)22(37)18(33)13(7-29)42-27/h1-5,12-13,17-18,21-24,26-30,32-39H,6-7H2/t12-,13-,17+,18+,21-,22+,23+,24+,26+,27+/m1/s1. The van der Waals surface area contributed by atoms with E-state index in [1.807, 2.05) is 0 Å². The zero-order valence-electron chi connectivity index (χ0n) is 21.6.